The highest BCUT2D eigenvalue weighted by Crippen LogP contribution is 2.44. The van der Waals surface area contributed by atoms with Crippen LogP contribution in [-0.4, -0.2) is 29.3 Å². The number of ether oxygens (including phenoxy) is 1. The molecule has 3 aromatic carbocycles. The largest absolute Gasteiger partial charge is 0.480 e. The van der Waals surface area contributed by atoms with Gasteiger partial charge < -0.3 is 15.2 Å². The summed E-state index contributed by atoms with van der Waals surface area (Å²) in [6.45, 7) is 1.28. The van der Waals surface area contributed by atoms with E-state index >= 15 is 0 Å². The zero-order chi connectivity index (χ0) is 22.9. The fourth-order valence-corrected chi connectivity index (χ4v) is 4.15. The molecule has 1 amide bonds. The van der Waals surface area contributed by atoms with Crippen LogP contribution in [0.4, 0.5) is 13.6 Å². The third kappa shape index (κ3) is 4.19. The summed E-state index contributed by atoms with van der Waals surface area (Å²) in [5, 5.41) is 12.0. The Hall–Kier alpha value is -3.74. The highest BCUT2D eigenvalue weighted by atomic mass is 19.1. The number of amides is 1. The van der Waals surface area contributed by atoms with E-state index < -0.39 is 29.2 Å². The Morgan fingerprint density at radius 2 is 1.50 bits per heavy atom. The number of fused-ring (bicyclic) bond motifs is 3. The Bertz CT molecular complexity index is 1130. The van der Waals surface area contributed by atoms with Gasteiger partial charge in [0.15, 0.2) is 0 Å². The number of hydrogen-bond acceptors (Lipinski definition) is 3. The number of hydrogen-bond donors (Lipinski definition) is 2. The molecular weight excluding hydrogens is 416 g/mol. The lowest BCUT2D eigenvalue weighted by molar-refractivity contribution is -0.143. The number of alkyl carbamates (subject to hydrolysis) is 1. The minimum atomic E-state index is -1.82. The van der Waals surface area contributed by atoms with Crippen LogP contribution >= 0.6 is 0 Å². The molecule has 32 heavy (non-hydrogen) atoms. The topological polar surface area (TPSA) is 75.6 Å². The van der Waals surface area contributed by atoms with Gasteiger partial charge >= 0.3 is 12.1 Å². The molecule has 0 saturated heterocycles. The summed E-state index contributed by atoms with van der Waals surface area (Å²) in [5.41, 5.74) is 2.48. The van der Waals surface area contributed by atoms with Crippen molar-refractivity contribution in [3.05, 3.63) is 95.1 Å². The summed E-state index contributed by atoms with van der Waals surface area (Å²) >= 11 is 0. The van der Waals surface area contributed by atoms with Gasteiger partial charge in [0.1, 0.15) is 23.8 Å². The van der Waals surface area contributed by atoms with Gasteiger partial charge in [-0.05, 0) is 46.9 Å². The first-order valence-electron chi connectivity index (χ1n) is 10.1. The average molecular weight is 437 g/mol. The van der Waals surface area contributed by atoms with E-state index in [1.165, 1.54) is 6.92 Å². The number of carboxylic acid groups (broad SMARTS) is 1. The molecule has 3 aromatic rings. The van der Waals surface area contributed by atoms with E-state index in [4.69, 9.17) is 4.74 Å². The van der Waals surface area contributed by atoms with Gasteiger partial charge in [0, 0.05) is 18.4 Å². The van der Waals surface area contributed by atoms with Crippen LogP contribution in [0.15, 0.2) is 66.7 Å². The zero-order valence-corrected chi connectivity index (χ0v) is 17.3. The van der Waals surface area contributed by atoms with E-state index in [1.807, 2.05) is 48.5 Å². The molecule has 0 fully saturated rings. The summed E-state index contributed by atoms with van der Waals surface area (Å²) in [7, 11) is 0. The molecule has 0 spiro atoms. The minimum Gasteiger partial charge on any atom is -0.480 e. The van der Waals surface area contributed by atoms with Gasteiger partial charge in [-0.25, -0.2) is 18.4 Å². The summed E-state index contributed by atoms with van der Waals surface area (Å²) in [4.78, 5) is 24.4. The summed E-state index contributed by atoms with van der Waals surface area (Å²) in [6.07, 6.45) is -1.24. The van der Waals surface area contributed by atoms with Crippen molar-refractivity contribution in [1.82, 2.24) is 5.32 Å². The number of aliphatic carboxylic acids is 1. The third-order valence-electron chi connectivity index (χ3n) is 5.67. The maximum absolute atomic E-state index is 13.5. The van der Waals surface area contributed by atoms with Crippen molar-refractivity contribution in [3.8, 4) is 11.1 Å². The number of carbonyl (C=O) groups is 2. The van der Waals surface area contributed by atoms with Crippen LogP contribution in [0.5, 0.6) is 0 Å². The van der Waals surface area contributed by atoms with Crippen LogP contribution in [0.2, 0.25) is 0 Å². The van der Waals surface area contributed by atoms with E-state index in [9.17, 15) is 23.5 Å². The molecule has 7 heteroatoms. The van der Waals surface area contributed by atoms with E-state index in [0.29, 0.717) is 6.07 Å². The Balaban J connectivity index is 1.48. The number of halogens is 2. The smallest absolute Gasteiger partial charge is 0.408 e. The number of nitrogens with one attached hydrogen (secondary N) is 1. The molecule has 0 bridgehead atoms. The first kappa shape index (κ1) is 21.5. The zero-order valence-electron chi connectivity index (χ0n) is 17.3. The number of carbonyl (C=O) groups excluding carboxylic acids is 1. The second-order valence-corrected chi connectivity index (χ2v) is 8.04. The molecule has 0 aromatic heterocycles. The van der Waals surface area contributed by atoms with Crippen molar-refractivity contribution >= 4 is 12.1 Å². The van der Waals surface area contributed by atoms with Gasteiger partial charge in [-0.3, -0.25) is 0 Å². The molecule has 164 valence electrons. The Morgan fingerprint density at radius 3 is 2.03 bits per heavy atom. The second-order valence-electron chi connectivity index (χ2n) is 8.04. The van der Waals surface area contributed by atoms with Crippen LogP contribution in [0, 0.1) is 11.6 Å². The Morgan fingerprint density at radius 1 is 0.969 bits per heavy atom. The Labute approximate surface area is 183 Å². The molecule has 1 atom stereocenters. The van der Waals surface area contributed by atoms with Crippen molar-refractivity contribution < 1.29 is 28.2 Å². The molecule has 0 radical (unpaired) electrons. The van der Waals surface area contributed by atoms with Crippen molar-refractivity contribution in [2.75, 3.05) is 6.61 Å². The van der Waals surface area contributed by atoms with Gasteiger partial charge in [-0.2, -0.15) is 0 Å². The molecule has 2 N–H and O–H groups in total. The molecule has 4 rings (SSSR count). The summed E-state index contributed by atoms with van der Waals surface area (Å²) in [5.74, 6) is -3.18. The van der Waals surface area contributed by atoms with Crippen LogP contribution in [-0.2, 0) is 16.0 Å². The minimum absolute atomic E-state index is 0.0180. The van der Waals surface area contributed by atoms with Crippen LogP contribution in [0.25, 0.3) is 11.1 Å². The molecule has 0 aliphatic heterocycles. The van der Waals surface area contributed by atoms with Gasteiger partial charge in [0.2, 0.25) is 0 Å². The van der Waals surface area contributed by atoms with E-state index in [0.717, 1.165) is 34.4 Å². The normalized spacial score (nSPS) is 14.2. The quantitative estimate of drug-likeness (QED) is 0.576. The second kappa shape index (κ2) is 8.42. The van der Waals surface area contributed by atoms with E-state index in [1.54, 1.807) is 0 Å². The average Bonchev–Trinajstić information content (AvgIpc) is 3.05. The van der Waals surface area contributed by atoms with E-state index in [2.05, 4.69) is 5.32 Å². The summed E-state index contributed by atoms with van der Waals surface area (Å²) in [6, 6.07) is 18.4. The lowest BCUT2D eigenvalue weighted by atomic mass is 9.93. The van der Waals surface area contributed by atoms with Gasteiger partial charge in [-0.1, -0.05) is 48.5 Å². The lowest BCUT2D eigenvalue weighted by Gasteiger charge is -2.26. The molecule has 5 nitrogen and oxygen atoms in total. The number of carboxylic acids is 1. The monoisotopic (exact) mass is 437 g/mol. The molecule has 0 saturated carbocycles. The maximum Gasteiger partial charge on any atom is 0.408 e. The van der Waals surface area contributed by atoms with E-state index in [-0.39, 0.29) is 24.5 Å². The number of benzene rings is 3. The van der Waals surface area contributed by atoms with Crippen molar-refractivity contribution in [2.24, 2.45) is 0 Å². The maximum atomic E-state index is 13.5. The van der Waals surface area contributed by atoms with Gasteiger partial charge in [0.25, 0.3) is 0 Å². The van der Waals surface area contributed by atoms with Gasteiger partial charge in [-0.15, -0.1) is 0 Å². The predicted molar refractivity (Wildman–Crippen MR) is 114 cm³/mol. The molecular formula is C25H21F2NO4. The van der Waals surface area contributed by atoms with Crippen molar-refractivity contribution in [1.29, 1.82) is 0 Å². The molecule has 1 aliphatic rings. The van der Waals surface area contributed by atoms with Crippen LogP contribution < -0.4 is 5.32 Å². The summed E-state index contributed by atoms with van der Waals surface area (Å²) < 4.78 is 32.4. The highest BCUT2D eigenvalue weighted by molar-refractivity contribution is 5.84. The highest BCUT2D eigenvalue weighted by Gasteiger charge is 2.37. The SMILES string of the molecule is C[C@](Cc1cc(F)cc(F)c1)(NC(=O)OCC1c2ccccc2-c2ccccc21)C(=O)O. The molecule has 0 heterocycles. The first-order chi connectivity index (χ1) is 15.3. The number of rotatable bonds is 6. The Kier molecular flexibility index (Phi) is 5.65. The fourth-order valence-electron chi connectivity index (χ4n) is 4.15. The lowest BCUT2D eigenvalue weighted by Crippen LogP contribution is -2.54. The van der Waals surface area contributed by atoms with Gasteiger partial charge in [0.05, 0.1) is 0 Å². The standard InChI is InChI=1S/C25H21F2NO4/c1-25(23(29)30,13-15-10-16(26)12-17(27)11-15)28-24(31)32-14-22-20-8-4-2-6-18(20)19-7-3-5-9-21(19)22/h2-12,22H,13-14H2,1H3,(H,28,31)(H,29,30)/t25-/m1/s1. The molecule has 0 unspecified atom stereocenters. The van der Waals surface area contributed by atoms with Crippen LogP contribution in [0.1, 0.15) is 29.5 Å². The predicted octanol–water partition coefficient (Wildman–Crippen LogP) is 4.89. The van der Waals surface area contributed by atoms with Crippen molar-refractivity contribution in [3.63, 3.8) is 0 Å². The van der Waals surface area contributed by atoms with Crippen LogP contribution in [0.3, 0.4) is 0 Å². The first-order valence-corrected chi connectivity index (χ1v) is 10.1. The van der Waals surface area contributed by atoms with Crippen molar-refractivity contribution in [2.45, 2.75) is 24.8 Å². The molecule has 1 aliphatic carbocycles. The third-order valence-corrected chi connectivity index (χ3v) is 5.67. The fraction of sp³-hybridized carbons (Fsp3) is 0.200.